The standard InChI is InChI=1S/C26H20FNO6/c1-34-20-12-9-17(27)14-19(20)24(31)22-23(16-5-3-2-4-6-16)28(26(33)25(22)32)18-10-7-15(8-11-18)13-21(29)30/h2-12,14,23,31H,13H2,1H3,(H,29,30)/b24-22+. The molecule has 1 fully saturated rings. The van der Waals surface area contributed by atoms with Gasteiger partial charge < -0.3 is 14.9 Å². The number of rotatable bonds is 6. The van der Waals surface area contributed by atoms with Crippen LogP contribution in [0.2, 0.25) is 0 Å². The topological polar surface area (TPSA) is 104 Å². The van der Waals surface area contributed by atoms with Gasteiger partial charge in [-0.2, -0.15) is 0 Å². The van der Waals surface area contributed by atoms with E-state index in [0.29, 0.717) is 16.8 Å². The number of halogens is 1. The van der Waals surface area contributed by atoms with Crippen LogP contribution >= 0.6 is 0 Å². The second-order valence-corrected chi connectivity index (χ2v) is 7.66. The van der Waals surface area contributed by atoms with E-state index >= 15 is 0 Å². The molecule has 1 amide bonds. The largest absolute Gasteiger partial charge is 0.507 e. The molecule has 0 saturated carbocycles. The fraction of sp³-hybridized carbons (Fsp3) is 0.115. The highest BCUT2D eigenvalue weighted by molar-refractivity contribution is 6.51. The Morgan fingerprint density at radius 1 is 1.00 bits per heavy atom. The van der Waals surface area contributed by atoms with Crippen molar-refractivity contribution in [1.29, 1.82) is 0 Å². The van der Waals surface area contributed by atoms with Crippen molar-refractivity contribution in [2.75, 3.05) is 12.0 Å². The number of methoxy groups -OCH3 is 1. The number of ether oxygens (including phenoxy) is 1. The molecule has 1 heterocycles. The number of carbonyl (C=O) groups excluding carboxylic acids is 2. The lowest BCUT2D eigenvalue weighted by Gasteiger charge is -2.25. The van der Waals surface area contributed by atoms with Gasteiger partial charge in [-0.3, -0.25) is 19.3 Å². The van der Waals surface area contributed by atoms with Crippen molar-refractivity contribution < 1.29 is 33.7 Å². The van der Waals surface area contributed by atoms with E-state index in [1.54, 1.807) is 54.6 Å². The third kappa shape index (κ3) is 4.13. The molecule has 1 unspecified atom stereocenters. The normalized spacial score (nSPS) is 17.1. The molecule has 7 nitrogen and oxygen atoms in total. The number of carboxylic acids is 1. The van der Waals surface area contributed by atoms with Gasteiger partial charge >= 0.3 is 5.97 Å². The molecule has 0 radical (unpaired) electrons. The molecular weight excluding hydrogens is 441 g/mol. The van der Waals surface area contributed by atoms with Gasteiger partial charge in [0.05, 0.1) is 30.7 Å². The Hall–Kier alpha value is -4.46. The molecule has 1 aliphatic rings. The molecule has 3 aromatic carbocycles. The van der Waals surface area contributed by atoms with E-state index in [1.807, 2.05) is 0 Å². The van der Waals surface area contributed by atoms with Gasteiger partial charge in [-0.15, -0.1) is 0 Å². The molecule has 0 spiro atoms. The monoisotopic (exact) mass is 461 g/mol. The SMILES string of the molecule is COc1ccc(F)cc1/C(O)=C1\C(=O)C(=O)N(c2ccc(CC(=O)O)cc2)C1c1ccccc1. The summed E-state index contributed by atoms with van der Waals surface area (Å²) in [4.78, 5) is 38.5. The number of carboxylic acid groups (broad SMARTS) is 1. The summed E-state index contributed by atoms with van der Waals surface area (Å²) in [7, 11) is 1.34. The second-order valence-electron chi connectivity index (χ2n) is 7.66. The molecule has 1 saturated heterocycles. The van der Waals surface area contributed by atoms with Crippen molar-refractivity contribution in [3.05, 3.63) is 101 Å². The van der Waals surface area contributed by atoms with Crippen LogP contribution in [0, 0.1) is 5.82 Å². The molecule has 4 rings (SSSR count). The minimum Gasteiger partial charge on any atom is -0.507 e. The van der Waals surface area contributed by atoms with Crippen LogP contribution in [0.5, 0.6) is 5.75 Å². The number of hydrogen-bond acceptors (Lipinski definition) is 5. The third-order valence-corrected chi connectivity index (χ3v) is 5.55. The summed E-state index contributed by atoms with van der Waals surface area (Å²) in [6, 6.07) is 17.3. The number of carbonyl (C=O) groups is 3. The maximum absolute atomic E-state index is 14.0. The average molecular weight is 461 g/mol. The van der Waals surface area contributed by atoms with Gasteiger partial charge in [0.1, 0.15) is 17.3 Å². The molecule has 1 aliphatic heterocycles. The zero-order chi connectivity index (χ0) is 24.4. The van der Waals surface area contributed by atoms with Crippen molar-refractivity contribution in [2.45, 2.75) is 12.5 Å². The number of aliphatic hydroxyl groups excluding tert-OH is 1. The molecule has 8 heteroatoms. The lowest BCUT2D eigenvalue weighted by molar-refractivity contribution is -0.136. The Labute approximate surface area is 194 Å². The zero-order valence-electron chi connectivity index (χ0n) is 18.1. The summed E-state index contributed by atoms with van der Waals surface area (Å²) >= 11 is 0. The third-order valence-electron chi connectivity index (χ3n) is 5.55. The Morgan fingerprint density at radius 2 is 1.68 bits per heavy atom. The molecule has 1 atom stereocenters. The van der Waals surface area contributed by atoms with Crippen LogP contribution < -0.4 is 9.64 Å². The first-order chi connectivity index (χ1) is 16.3. The van der Waals surface area contributed by atoms with Crippen LogP contribution in [0.25, 0.3) is 5.76 Å². The molecule has 3 aromatic rings. The molecule has 172 valence electrons. The molecule has 2 N–H and O–H groups in total. The maximum Gasteiger partial charge on any atom is 0.307 e. The Morgan fingerprint density at radius 3 is 2.29 bits per heavy atom. The van der Waals surface area contributed by atoms with Crippen LogP contribution in [0.15, 0.2) is 78.4 Å². The number of ketones is 1. The average Bonchev–Trinajstić information content (AvgIpc) is 3.10. The summed E-state index contributed by atoms with van der Waals surface area (Å²) < 4.78 is 19.2. The quantitative estimate of drug-likeness (QED) is 0.326. The minimum atomic E-state index is -1.00. The van der Waals surface area contributed by atoms with E-state index < -0.39 is 35.3 Å². The number of aliphatic hydroxyl groups is 1. The minimum absolute atomic E-state index is 0.0572. The molecule has 0 aliphatic carbocycles. The van der Waals surface area contributed by atoms with Crippen LogP contribution in [-0.2, 0) is 20.8 Å². The molecule has 34 heavy (non-hydrogen) atoms. The Bertz CT molecular complexity index is 1300. The maximum atomic E-state index is 14.0. The van der Waals surface area contributed by atoms with Gasteiger partial charge in [0.2, 0.25) is 0 Å². The summed E-state index contributed by atoms with van der Waals surface area (Å²) in [6.45, 7) is 0. The highest BCUT2D eigenvalue weighted by atomic mass is 19.1. The van der Waals surface area contributed by atoms with Crippen LogP contribution in [0.1, 0.15) is 22.7 Å². The van der Waals surface area contributed by atoms with E-state index in [0.717, 1.165) is 12.1 Å². The Kier molecular flexibility index (Phi) is 6.14. The number of anilines is 1. The van der Waals surface area contributed by atoms with Gasteiger partial charge in [-0.05, 0) is 41.5 Å². The lowest BCUT2D eigenvalue weighted by Crippen LogP contribution is -2.29. The lowest BCUT2D eigenvalue weighted by atomic mass is 9.94. The summed E-state index contributed by atoms with van der Waals surface area (Å²) in [5.74, 6) is -3.89. The number of Topliss-reactive ketones (excluding diaryl/α,β-unsaturated/α-hetero) is 1. The number of nitrogens with zero attached hydrogens (tertiary/aromatic N) is 1. The zero-order valence-corrected chi connectivity index (χ0v) is 18.1. The van der Waals surface area contributed by atoms with Crippen molar-refractivity contribution in [1.82, 2.24) is 0 Å². The Balaban J connectivity index is 1.90. The summed E-state index contributed by atoms with van der Waals surface area (Å²) in [5, 5.41) is 20.2. The summed E-state index contributed by atoms with van der Waals surface area (Å²) in [6.07, 6.45) is -0.194. The first kappa shape index (κ1) is 22.7. The van der Waals surface area contributed by atoms with E-state index in [-0.39, 0.29) is 23.3 Å². The van der Waals surface area contributed by atoms with Crippen molar-refractivity contribution in [3.63, 3.8) is 0 Å². The predicted molar refractivity (Wildman–Crippen MR) is 122 cm³/mol. The predicted octanol–water partition coefficient (Wildman–Crippen LogP) is 4.09. The van der Waals surface area contributed by atoms with Gasteiger partial charge in [-0.25, -0.2) is 4.39 Å². The number of aliphatic carboxylic acids is 1. The van der Waals surface area contributed by atoms with E-state index in [1.165, 1.54) is 18.1 Å². The highest BCUT2D eigenvalue weighted by Crippen LogP contribution is 2.43. The van der Waals surface area contributed by atoms with E-state index in [2.05, 4.69) is 0 Å². The summed E-state index contributed by atoms with van der Waals surface area (Å²) in [5.41, 5.74) is 1.14. The van der Waals surface area contributed by atoms with Gasteiger partial charge in [0.15, 0.2) is 0 Å². The molecule has 0 bridgehead atoms. The molecule has 0 aromatic heterocycles. The number of hydrogen-bond donors (Lipinski definition) is 2. The van der Waals surface area contributed by atoms with E-state index in [9.17, 15) is 23.9 Å². The molecular formula is C26H20FNO6. The fourth-order valence-corrected chi connectivity index (χ4v) is 4.01. The number of amides is 1. The first-order valence-corrected chi connectivity index (χ1v) is 10.3. The van der Waals surface area contributed by atoms with Gasteiger partial charge in [0.25, 0.3) is 11.7 Å². The second kappa shape index (κ2) is 9.19. The smallest absolute Gasteiger partial charge is 0.307 e. The van der Waals surface area contributed by atoms with Crippen molar-refractivity contribution >= 4 is 29.1 Å². The van der Waals surface area contributed by atoms with Crippen molar-refractivity contribution in [2.24, 2.45) is 0 Å². The van der Waals surface area contributed by atoms with E-state index in [4.69, 9.17) is 9.84 Å². The van der Waals surface area contributed by atoms with Crippen molar-refractivity contribution in [3.8, 4) is 5.75 Å². The van der Waals surface area contributed by atoms with Crippen LogP contribution in [0.3, 0.4) is 0 Å². The number of benzene rings is 3. The fourth-order valence-electron chi connectivity index (χ4n) is 4.01. The first-order valence-electron chi connectivity index (χ1n) is 10.3. The van der Waals surface area contributed by atoms with Crippen LogP contribution in [-0.4, -0.2) is 35.0 Å². The van der Waals surface area contributed by atoms with Gasteiger partial charge in [0, 0.05) is 5.69 Å². The highest BCUT2D eigenvalue weighted by Gasteiger charge is 2.47. The van der Waals surface area contributed by atoms with Gasteiger partial charge in [-0.1, -0.05) is 42.5 Å². The van der Waals surface area contributed by atoms with Crippen LogP contribution in [0.4, 0.5) is 10.1 Å².